The first-order valence-electron chi connectivity index (χ1n) is 8.13. The summed E-state index contributed by atoms with van der Waals surface area (Å²) >= 11 is 0. The number of ether oxygens (including phenoxy) is 2. The maximum Gasteiger partial charge on any atom is 0.265 e. The fraction of sp³-hybridized carbons (Fsp3) is 0.350. The Bertz CT molecular complexity index is 693. The van der Waals surface area contributed by atoms with Crippen LogP contribution in [0.2, 0.25) is 0 Å². The lowest BCUT2D eigenvalue weighted by Crippen LogP contribution is -2.30. The van der Waals surface area contributed by atoms with Crippen LogP contribution in [0.3, 0.4) is 0 Å². The Morgan fingerprint density at radius 1 is 1.04 bits per heavy atom. The van der Waals surface area contributed by atoms with Crippen LogP contribution in [0, 0.1) is 6.92 Å². The molecule has 0 saturated heterocycles. The zero-order chi connectivity index (χ0) is 17.7. The van der Waals surface area contributed by atoms with E-state index >= 15 is 0 Å². The van der Waals surface area contributed by atoms with Crippen molar-refractivity contribution in [2.75, 3.05) is 12.4 Å². The number of amides is 1. The molecule has 0 saturated carbocycles. The Hall–Kier alpha value is -2.49. The standard InChI is InChI=1S/C20H25NO3/c1-13(2)18-11-6-14(3)12-19(18)24-15(4)20(22)21-16-7-9-17(23-5)10-8-16/h6-13,15H,1-5H3,(H,21,22)/t15-/m1/s1. The molecule has 1 N–H and O–H groups in total. The molecule has 1 atom stereocenters. The zero-order valence-corrected chi connectivity index (χ0v) is 14.9. The van der Waals surface area contributed by atoms with Gasteiger partial charge in [-0.3, -0.25) is 4.79 Å². The molecule has 0 spiro atoms. The molecule has 0 heterocycles. The van der Waals surface area contributed by atoms with Crippen molar-refractivity contribution in [2.45, 2.75) is 39.7 Å². The minimum atomic E-state index is -0.591. The molecule has 0 aromatic heterocycles. The summed E-state index contributed by atoms with van der Waals surface area (Å²) in [6.07, 6.45) is -0.591. The van der Waals surface area contributed by atoms with Crippen LogP contribution in [0.15, 0.2) is 42.5 Å². The summed E-state index contributed by atoms with van der Waals surface area (Å²) in [5.74, 6) is 1.66. The largest absolute Gasteiger partial charge is 0.497 e. The topological polar surface area (TPSA) is 47.6 Å². The van der Waals surface area contributed by atoms with E-state index in [9.17, 15) is 4.79 Å². The maximum atomic E-state index is 12.4. The van der Waals surface area contributed by atoms with Crippen molar-refractivity contribution in [1.82, 2.24) is 0 Å². The third kappa shape index (κ3) is 4.51. The molecule has 0 aliphatic carbocycles. The third-order valence-corrected chi connectivity index (χ3v) is 3.82. The van der Waals surface area contributed by atoms with E-state index in [-0.39, 0.29) is 5.91 Å². The number of methoxy groups -OCH3 is 1. The lowest BCUT2D eigenvalue weighted by atomic mass is 10.0. The van der Waals surface area contributed by atoms with Crippen LogP contribution in [-0.4, -0.2) is 19.1 Å². The summed E-state index contributed by atoms with van der Waals surface area (Å²) in [5, 5.41) is 2.86. The predicted molar refractivity (Wildman–Crippen MR) is 97.0 cm³/mol. The molecule has 128 valence electrons. The van der Waals surface area contributed by atoms with Crippen molar-refractivity contribution < 1.29 is 14.3 Å². The maximum absolute atomic E-state index is 12.4. The number of rotatable bonds is 6. The van der Waals surface area contributed by atoms with Crippen molar-refractivity contribution in [3.63, 3.8) is 0 Å². The molecule has 2 rings (SSSR count). The van der Waals surface area contributed by atoms with Crippen molar-refractivity contribution in [3.8, 4) is 11.5 Å². The van der Waals surface area contributed by atoms with Gasteiger partial charge in [0, 0.05) is 5.69 Å². The van der Waals surface area contributed by atoms with Gasteiger partial charge in [-0.15, -0.1) is 0 Å². The summed E-state index contributed by atoms with van der Waals surface area (Å²) in [4.78, 5) is 12.4. The Morgan fingerprint density at radius 3 is 2.29 bits per heavy atom. The van der Waals surface area contributed by atoms with Crippen LogP contribution < -0.4 is 14.8 Å². The molecule has 24 heavy (non-hydrogen) atoms. The van der Waals surface area contributed by atoms with Gasteiger partial charge in [-0.25, -0.2) is 0 Å². The number of hydrogen-bond acceptors (Lipinski definition) is 3. The molecule has 0 aliphatic heterocycles. The second-order valence-electron chi connectivity index (χ2n) is 6.17. The highest BCUT2D eigenvalue weighted by Gasteiger charge is 2.17. The molecule has 1 amide bonds. The highest BCUT2D eigenvalue weighted by atomic mass is 16.5. The van der Waals surface area contributed by atoms with E-state index in [4.69, 9.17) is 9.47 Å². The van der Waals surface area contributed by atoms with E-state index in [2.05, 4.69) is 31.3 Å². The number of benzene rings is 2. The number of carbonyl (C=O) groups is 1. The predicted octanol–water partition coefficient (Wildman–Crippen LogP) is 4.53. The number of anilines is 1. The average Bonchev–Trinajstić information content (AvgIpc) is 2.55. The zero-order valence-electron chi connectivity index (χ0n) is 14.9. The highest BCUT2D eigenvalue weighted by molar-refractivity contribution is 5.94. The van der Waals surface area contributed by atoms with Crippen LogP contribution in [0.4, 0.5) is 5.69 Å². The second-order valence-corrected chi connectivity index (χ2v) is 6.17. The quantitative estimate of drug-likeness (QED) is 0.848. The first-order valence-corrected chi connectivity index (χ1v) is 8.13. The number of aryl methyl sites for hydroxylation is 1. The number of nitrogens with one attached hydrogen (secondary N) is 1. The Balaban J connectivity index is 2.07. The van der Waals surface area contributed by atoms with Crippen LogP contribution in [0.5, 0.6) is 11.5 Å². The van der Waals surface area contributed by atoms with E-state index in [0.717, 1.165) is 22.6 Å². The summed E-state index contributed by atoms with van der Waals surface area (Å²) in [6, 6.07) is 13.3. The second kappa shape index (κ2) is 7.86. The third-order valence-electron chi connectivity index (χ3n) is 3.82. The minimum Gasteiger partial charge on any atom is -0.497 e. The Kier molecular flexibility index (Phi) is 5.85. The molecule has 0 fully saturated rings. The molecule has 0 bridgehead atoms. The van der Waals surface area contributed by atoms with Crippen LogP contribution in [0.1, 0.15) is 37.8 Å². The summed E-state index contributed by atoms with van der Waals surface area (Å²) in [7, 11) is 1.61. The van der Waals surface area contributed by atoms with E-state index in [1.54, 1.807) is 38.3 Å². The van der Waals surface area contributed by atoms with Gasteiger partial charge in [0.15, 0.2) is 6.10 Å². The molecule has 0 aliphatic rings. The molecule has 0 unspecified atom stereocenters. The van der Waals surface area contributed by atoms with E-state index in [0.29, 0.717) is 11.6 Å². The molecule has 0 radical (unpaired) electrons. The van der Waals surface area contributed by atoms with Crippen molar-refractivity contribution >= 4 is 11.6 Å². The van der Waals surface area contributed by atoms with E-state index in [1.807, 2.05) is 13.0 Å². The smallest absolute Gasteiger partial charge is 0.265 e. The van der Waals surface area contributed by atoms with E-state index < -0.39 is 6.10 Å². The van der Waals surface area contributed by atoms with Crippen molar-refractivity contribution in [1.29, 1.82) is 0 Å². The summed E-state index contributed by atoms with van der Waals surface area (Å²) in [6.45, 7) is 7.99. The van der Waals surface area contributed by atoms with Gasteiger partial charge in [-0.1, -0.05) is 26.0 Å². The SMILES string of the molecule is COc1ccc(NC(=O)[C@@H](C)Oc2cc(C)ccc2C(C)C)cc1. The summed E-state index contributed by atoms with van der Waals surface area (Å²) < 4.78 is 11.0. The van der Waals surface area contributed by atoms with Gasteiger partial charge in [-0.2, -0.15) is 0 Å². The minimum absolute atomic E-state index is 0.184. The van der Waals surface area contributed by atoms with Gasteiger partial charge >= 0.3 is 0 Å². The molecular weight excluding hydrogens is 302 g/mol. The van der Waals surface area contributed by atoms with Crippen molar-refractivity contribution in [2.24, 2.45) is 0 Å². The molecular formula is C20H25NO3. The highest BCUT2D eigenvalue weighted by Crippen LogP contribution is 2.28. The molecule has 2 aromatic rings. The fourth-order valence-corrected chi connectivity index (χ4v) is 2.38. The molecule has 4 nitrogen and oxygen atoms in total. The van der Waals surface area contributed by atoms with Gasteiger partial charge in [0.2, 0.25) is 0 Å². The average molecular weight is 327 g/mol. The Morgan fingerprint density at radius 2 is 1.71 bits per heavy atom. The normalized spacial score (nSPS) is 11.9. The van der Waals surface area contributed by atoms with Crippen LogP contribution in [0.25, 0.3) is 0 Å². The van der Waals surface area contributed by atoms with Crippen LogP contribution in [-0.2, 0) is 4.79 Å². The first kappa shape index (κ1) is 17.9. The van der Waals surface area contributed by atoms with Gasteiger partial charge < -0.3 is 14.8 Å². The monoisotopic (exact) mass is 327 g/mol. The van der Waals surface area contributed by atoms with Gasteiger partial charge in [-0.05, 0) is 61.2 Å². The first-order chi connectivity index (χ1) is 11.4. The molecule has 4 heteroatoms. The van der Waals surface area contributed by atoms with Crippen molar-refractivity contribution in [3.05, 3.63) is 53.6 Å². The number of carbonyl (C=O) groups excluding carboxylic acids is 1. The summed E-state index contributed by atoms with van der Waals surface area (Å²) in [5.41, 5.74) is 2.92. The van der Waals surface area contributed by atoms with Gasteiger partial charge in [0.25, 0.3) is 5.91 Å². The van der Waals surface area contributed by atoms with Gasteiger partial charge in [0.1, 0.15) is 11.5 Å². The lowest BCUT2D eigenvalue weighted by molar-refractivity contribution is -0.122. The number of hydrogen-bond donors (Lipinski definition) is 1. The van der Waals surface area contributed by atoms with E-state index in [1.165, 1.54) is 0 Å². The van der Waals surface area contributed by atoms with Crippen LogP contribution >= 0.6 is 0 Å². The lowest BCUT2D eigenvalue weighted by Gasteiger charge is -2.19. The fourth-order valence-electron chi connectivity index (χ4n) is 2.38. The van der Waals surface area contributed by atoms with Gasteiger partial charge in [0.05, 0.1) is 7.11 Å². The molecule has 2 aromatic carbocycles. The Labute approximate surface area is 143 Å².